The Hall–Kier alpha value is -1.58. The molecule has 0 aromatic carbocycles. The van der Waals surface area contributed by atoms with Crippen LogP contribution < -0.4 is 0 Å². The molecule has 0 amide bonds. The van der Waals surface area contributed by atoms with Gasteiger partial charge in [-0.1, -0.05) is 0 Å². The first-order chi connectivity index (χ1) is 7.44. The highest BCUT2D eigenvalue weighted by Gasteiger charge is 2.31. The van der Waals surface area contributed by atoms with E-state index in [1.54, 1.807) is 0 Å². The van der Waals surface area contributed by atoms with E-state index in [1.165, 1.54) is 0 Å². The third kappa shape index (κ3) is 1.45. The van der Waals surface area contributed by atoms with Gasteiger partial charge in [0.25, 0.3) is 0 Å². The predicted octanol–water partition coefficient (Wildman–Crippen LogP) is 1.79. The zero-order valence-corrected chi connectivity index (χ0v) is 10.5. The van der Waals surface area contributed by atoms with E-state index >= 15 is 0 Å². The second-order valence-electron chi connectivity index (χ2n) is 4.77. The van der Waals surface area contributed by atoms with E-state index in [0.29, 0.717) is 0 Å². The van der Waals surface area contributed by atoms with E-state index < -0.39 is 0 Å². The highest BCUT2D eigenvalue weighted by atomic mass is 15.1. The smallest absolute Gasteiger partial charge is 0.121 e. The van der Waals surface area contributed by atoms with Gasteiger partial charge in [0.15, 0.2) is 0 Å². The molecule has 0 aliphatic carbocycles. The van der Waals surface area contributed by atoms with Crippen LogP contribution in [0.4, 0.5) is 0 Å². The largest absolute Gasteiger partial charge is 0.337 e. The fourth-order valence-corrected chi connectivity index (χ4v) is 2.14. The summed E-state index contributed by atoms with van der Waals surface area (Å²) in [5.74, 6) is 2.07. The minimum Gasteiger partial charge on any atom is -0.337 e. The summed E-state index contributed by atoms with van der Waals surface area (Å²) >= 11 is 0. The zero-order chi connectivity index (χ0) is 11.9. The maximum absolute atomic E-state index is 4.49. The molecule has 0 aliphatic rings. The summed E-state index contributed by atoms with van der Waals surface area (Å²) in [7, 11) is 4.06. The molecule has 2 rings (SSSR count). The molecule has 4 heteroatoms. The van der Waals surface area contributed by atoms with Crippen LogP contribution in [0.3, 0.4) is 0 Å². The maximum atomic E-state index is 4.49. The van der Waals surface area contributed by atoms with Crippen LogP contribution in [-0.2, 0) is 19.5 Å². The summed E-state index contributed by atoms with van der Waals surface area (Å²) in [6.45, 7) is 6.36. The van der Waals surface area contributed by atoms with Gasteiger partial charge in [-0.25, -0.2) is 9.97 Å². The van der Waals surface area contributed by atoms with Gasteiger partial charge < -0.3 is 9.13 Å². The number of aromatic nitrogens is 4. The van der Waals surface area contributed by atoms with Crippen molar-refractivity contribution in [3.05, 3.63) is 35.9 Å². The van der Waals surface area contributed by atoms with Crippen LogP contribution in [0.5, 0.6) is 0 Å². The fourth-order valence-electron chi connectivity index (χ4n) is 2.14. The Labute approximate surface area is 96.0 Å². The van der Waals surface area contributed by atoms with Gasteiger partial charge in [0, 0.05) is 38.4 Å². The van der Waals surface area contributed by atoms with Gasteiger partial charge >= 0.3 is 0 Å². The second-order valence-corrected chi connectivity index (χ2v) is 4.77. The van der Waals surface area contributed by atoms with Crippen molar-refractivity contribution in [2.24, 2.45) is 14.1 Å². The Morgan fingerprint density at radius 3 is 2.25 bits per heavy atom. The molecule has 0 atom stereocenters. The first-order valence-corrected chi connectivity index (χ1v) is 5.41. The van der Waals surface area contributed by atoms with E-state index in [1.807, 2.05) is 37.3 Å². The Bertz CT molecular complexity index is 505. The first kappa shape index (κ1) is 10.9. The molecule has 0 fully saturated rings. The molecule has 2 heterocycles. The van der Waals surface area contributed by atoms with Crippen LogP contribution >= 0.6 is 0 Å². The van der Waals surface area contributed by atoms with Gasteiger partial charge in [-0.15, -0.1) is 0 Å². The summed E-state index contributed by atoms with van der Waals surface area (Å²) in [6, 6.07) is 0. The molecular weight excluding hydrogens is 200 g/mol. The SMILES string of the molecule is Cc1cnc(C(C)(C)c2nccn2C)n1C. The van der Waals surface area contributed by atoms with Crippen molar-refractivity contribution in [2.45, 2.75) is 26.2 Å². The normalized spacial score (nSPS) is 12.1. The topological polar surface area (TPSA) is 35.6 Å². The van der Waals surface area contributed by atoms with Crippen LogP contribution in [0.1, 0.15) is 31.2 Å². The van der Waals surface area contributed by atoms with Crippen LogP contribution in [0.25, 0.3) is 0 Å². The molecule has 4 nitrogen and oxygen atoms in total. The third-order valence-corrected chi connectivity index (χ3v) is 3.16. The summed E-state index contributed by atoms with van der Waals surface area (Å²) in [4.78, 5) is 8.92. The Kier molecular flexibility index (Phi) is 2.37. The molecule has 2 aromatic heterocycles. The Balaban J connectivity index is 2.55. The lowest BCUT2D eigenvalue weighted by molar-refractivity contribution is 0.507. The van der Waals surface area contributed by atoms with Crippen LogP contribution in [0.15, 0.2) is 18.6 Å². The molecule has 0 aliphatic heterocycles. The third-order valence-electron chi connectivity index (χ3n) is 3.16. The molecule has 0 radical (unpaired) electrons. The van der Waals surface area contributed by atoms with E-state index in [4.69, 9.17) is 0 Å². The summed E-state index contributed by atoms with van der Waals surface area (Å²) in [6.07, 6.45) is 5.69. The zero-order valence-electron chi connectivity index (χ0n) is 10.5. The predicted molar refractivity (Wildman–Crippen MR) is 63.3 cm³/mol. The fraction of sp³-hybridized carbons (Fsp3) is 0.500. The lowest BCUT2D eigenvalue weighted by Gasteiger charge is -2.23. The minimum absolute atomic E-state index is 0.179. The highest BCUT2D eigenvalue weighted by Crippen LogP contribution is 2.28. The second kappa shape index (κ2) is 3.47. The molecule has 2 aromatic rings. The molecule has 0 spiro atoms. The van der Waals surface area contributed by atoms with Crippen molar-refractivity contribution in [1.29, 1.82) is 0 Å². The van der Waals surface area contributed by atoms with Crippen molar-refractivity contribution >= 4 is 0 Å². The van der Waals surface area contributed by atoms with Gasteiger partial charge in [0.2, 0.25) is 0 Å². The van der Waals surface area contributed by atoms with Gasteiger partial charge in [0.05, 0.1) is 5.41 Å². The van der Waals surface area contributed by atoms with Crippen LogP contribution in [-0.4, -0.2) is 19.1 Å². The Morgan fingerprint density at radius 2 is 1.81 bits per heavy atom. The number of imidazole rings is 2. The molecule has 0 bridgehead atoms. The average molecular weight is 218 g/mol. The molecule has 16 heavy (non-hydrogen) atoms. The summed E-state index contributed by atoms with van der Waals surface area (Å²) in [5, 5.41) is 0. The molecule has 0 unspecified atom stereocenters. The Morgan fingerprint density at radius 1 is 1.12 bits per heavy atom. The quantitative estimate of drug-likeness (QED) is 0.770. The lowest BCUT2D eigenvalue weighted by atomic mass is 9.91. The monoisotopic (exact) mass is 218 g/mol. The van der Waals surface area contributed by atoms with E-state index in [-0.39, 0.29) is 5.41 Å². The van der Waals surface area contributed by atoms with E-state index in [0.717, 1.165) is 17.3 Å². The molecule has 0 saturated heterocycles. The maximum Gasteiger partial charge on any atom is 0.121 e. The van der Waals surface area contributed by atoms with Crippen molar-refractivity contribution in [3.8, 4) is 0 Å². The number of hydrogen-bond acceptors (Lipinski definition) is 2. The standard InChI is InChI=1S/C12H18N4/c1-9-8-14-11(16(9)5)12(2,3)10-13-6-7-15(10)4/h6-8H,1-5H3. The molecule has 0 N–H and O–H groups in total. The van der Waals surface area contributed by atoms with Crippen molar-refractivity contribution in [3.63, 3.8) is 0 Å². The summed E-state index contributed by atoms with van der Waals surface area (Å²) < 4.78 is 4.17. The van der Waals surface area contributed by atoms with Crippen LogP contribution in [0.2, 0.25) is 0 Å². The number of hydrogen-bond donors (Lipinski definition) is 0. The lowest BCUT2D eigenvalue weighted by Crippen LogP contribution is -2.27. The van der Waals surface area contributed by atoms with Gasteiger partial charge in [0.1, 0.15) is 11.6 Å². The van der Waals surface area contributed by atoms with E-state index in [9.17, 15) is 0 Å². The highest BCUT2D eigenvalue weighted by molar-refractivity contribution is 5.22. The van der Waals surface area contributed by atoms with Gasteiger partial charge in [-0.05, 0) is 20.8 Å². The summed E-state index contributed by atoms with van der Waals surface area (Å²) in [5.41, 5.74) is 0.985. The van der Waals surface area contributed by atoms with Crippen molar-refractivity contribution < 1.29 is 0 Å². The number of rotatable bonds is 2. The average Bonchev–Trinajstić information content (AvgIpc) is 2.76. The molecular formula is C12H18N4. The van der Waals surface area contributed by atoms with Crippen LogP contribution in [0, 0.1) is 6.92 Å². The van der Waals surface area contributed by atoms with E-state index in [2.05, 4.69) is 35.3 Å². The number of aryl methyl sites for hydroxylation is 2. The minimum atomic E-state index is -0.179. The van der Waals surface area contributed by atoms with Crippen molar-refractivity contribution in [2.75, 3.05) is 0 Å². The van der Waals surface area contributed by atoms with Crippen molar-refractivity contribution in [1.82, 2.24) is 19.1 Å². The first-order valence-electron chi connectivity index (χ1n) is 5.41. The number of nitrogens with zero attached hydrogens (tertiary/aromatic N) is 4. The molecule has 0 saturated carbocycles. The molecule has 86 valence electrons. The van der Waals surface area contributed by atoms with Gasteiger partial charge in [-0.3, -0.25) is 0 Å². The van der Waals surface area contributed by atoms with Gasteiger partial charge in [-0.2, -0.15) is 0 Å².